The zero-order valence-corrected chi connectivity index (χ0v) is 13.7. The van der Waals surface area contributed by atoms with Crippen molar-refractivity contribution in [1.29, 1.82) is 0 Å². The van der Waals surface area contributed by atoms with Crippen LogP contribution in [0.15, 0.2) is 83.8 Å². The number of hydrogen-bond donors (Lipinski definition) is 1. The first-order valence-corrected chi connectivity index (χ1v) is 8.34. The molecule has 3 heteroatoms. The minimum Gasteiger partial charge on any atom is -0.369 e. The summed E-state index contributed by atoms with van der Waals surface area (Å²) in [4.78, 5) is 15.5. The summed E-state index contributed by atoms with van der Waals surface area (Å²) in [6.07, 6.45) is 2.21. The van der Waals surface area contributed by atoms with E-state index in [-0.39, 0.29) is 11.7 Å². The van der Waals surface area contributed by atoms with Crippen molar-refractivity contribution in [2.45, 2.75) is 12.8 Å². The van der Waals surface area contributed by atoms with Crippen LogP contribution in [0.3, 0.4) is 0 Å². The molecule has 0 spiro atoms. The van der Waals surface area contributed by atoms with E-state index in [1.807, 2.05) is 48.5 Å². The van der Waals surface area contributed by atoms with Crippen LogP contribution in [-0.2, 0) is 0 Å². The van der Waals surface area contributed by atoms with Crippen molar-refractivity contribution >= 4 is 5.78 Å². The highest BCUT2D eigenvalue weighted by Crippen LogP contribution is 2.38. The quantitative estimate of drug-likeness (QED) is 0.877. The molecule has 1 atom stereocenters. The zero-order chi connectivity index (χ0) is 16.5. The predicted octanol–water partition coefficient (Wildman–Crippen LogP) is 3.69. The third kappa shape index (κ3) is 2.42. The first-order valence-electron chi connectivity index (χ1n) is 8.34. The summed E-state index contributed by atoms with van der Waals surface area (Å²) in [6, 6.07) is 19.8. The number of rotatable bonds is 3. The minimum absolute atomic E-state index is 0.0178. The van der Waals surface area contributed by atoms with Crippen LogP contribution in [-0.4, -0.2) is 23.8 Å². The zero-order valence-electron chi connectivity index (χ0n) is 13.7. The fourth-order valence-electron chi connectivity index (χ4n) is 3.57. The largest absolute Gasteiger partial charge is 0.369 e. The van der Waals surface area contributed by atoms with E-state index in [0.717, 1.165) is 35.6 Å². The second-order valence-electron chi connectivity index (χ2n) is 6.23. The average molecular weight is 316 g/mol. The molecular formula is C21H20N2O. The highest BCUT2D eigenvalue weighted by molar-refractivity contribution is 6.10. The van der Waals surface area contributed by atoms with Gasteiger partial charge in [0.15, 0.2) is 5.78 Å². The number of nitrogens with zero attached hydrogens (tertiary/aromatic N) is 1. The molecule has 3 nitrogen and oxygen atoms in total. The van der Waals surface area contributed by atoms with E-state index in [4.69, 9.17) is 0 Å². The van der Waals surface area contributed by atoms with Crippen molar-refractivity contribution in [3.05, 3.63) is 95.0 Å². The van der Waals surface area contributed by atoms with Crippen LogP contribution in [0.5, 0.6) is 0 Å². The van der Waals surface area contributed by atoms with Gasteiger partial charge < -0.3 is 10.2 Å². The Balaban J connectivity index is 1.85. The van der Waals surface area contributed by atoms with Gasteiger partial charge in [-0.1, -0.05) is 66.7 Å². The number of ketones is 1. The lowest BCUT2D eigenvalue weighted by atomic mass is 9.83. The summed E-state index contributed by atoms with van der Waals surface area (Å²) in [5, 5.41) is 3.43. The van der Waals surface area contributed by atoms with Gasteiger partial charge in [0.1, 0.15) is 5.82 Å². The first kappa shape index (κ1) is 14.8. The average Bonchev–Trinajstić information content (AvgIpc) is 3.13. The lowest BCUT2D eigenvalue weighted by molar-refractivity contribution is 0.102. The van der Waals surface area contributed by atoms with Gasteiger partial charge in [0.2, 0.25) is 0 Å². The molecule has 120 valence electrons. The van der Waals surface area contributed by atoms with E-state index in [1.165, 1.54) is 5.70 Å². The van der Waals surface area contributed by atoms with E-state index in [1.54, 1.807) is 0 Å². The van der Waals surface area contributed by atoms with Crippen LogP contribution < -0.4 is 5.32 Å². The first-order chi connectivity index (χ1) is 11.8. The molecular weight excluding hydrogens is 296 g/mol. The second kappa shape index (κ2) is 6.00. The van der Waals surface area contributed by atoms with Crippen LogP contribution >= 0.6 is 0 Å². The molecule has 4 rings (SSSR count). The van der Waals surface area contributed by atoms with Gasteiger partial charge in [0.25, 0.3) is 0 Å². The standard InChI is InChI=1S/C21H20N2O/c1-15-14-18(16-8-4-2-5-9-16)19(21-22-12-13-23(15)21)20(24)17-10-6-3-7-11-17/h2-11,14,18,22H,12-13H2,1H3. The number of fused-ring (bicyclic) bond motifs is 1. The Hall–Kier alpha value is -2.81. The van der Waals surface area contributed by atoms with Gasteiger partial charge in [-0.2, -0.15) is 0 Å². The van der Waals surface area contributed by atoms with E-state index >= 15 is 0 Å². The molecule has 0 radical (unpaired) electrons. The Morgan fingerprint density at radius 3 is 2.42 bits per heavy atom. The van der Waals surface area contributed by atoms with Crippen molar-refractivity contribution in [2.75, 3.05) is 13.1 Å². The Morgan fingerprint density at radius 2 is 1.71 bits per heavy atom. The number of nitrogens with one attached hydrogen (secondary N) is 1. The molecule has 1 unspecified atom stereocenters. The fourth-order valence-corrected chi connectivity index (χ4v) is 3.57. The topological polar surface area (TPSA) is 32.3 Å². The Bertz CT molecular complexity index is 821. The smallest absolute Gasteiger partial charge is 0.193 e. The molecule has 0 amide bonds. The van der Waals surface area contributed by atoms with E-state index < -0.39 is 0 Å². The summed E-state index contributed by atoms with van der Waals surface area (Å²) in [5.41, 5.74) is 3.93. The third-order valence-corrected chi connectivity index (χ3v) is 4.74. The van der Waals surface area contributed by atoms with Gasteiger partial charge in [-0.05, 0) is 12.5 Å². The highest BCUT2D eigenvalue weighted by atomic mass is 16.1. The normalized spacial score (nSPS) is 19.6. The molecule has 0 aromatic heterocycles. The van der Waals surface area contributed by atoms with Crippen molar-refractivity contribution in [3.8, 4) is 0 Å². The van der Waals surface area contributed by atoms with Gasteiger partial charge in [-0.25, -0.2) is 0 Å². The van der Waals surface area contributed by atoms with E-state index in [0.29, 0.717) is 0 Å². The summed E-state index contributed by atoms with van der Waals surface area (Å²) in [7, 11) is 0. The molecule has 2 aliphatic rings. The molecule has 1 fully saturated rings. The number of carbonyl (C=O) groups is 1. The fraction of sp³-hybridized carbons (Fsp3) is 0.190. The predicted molar refractivity (Wildman–Crippen MR) is 95.4 cm³/mol. The molecule has 2 aromatic rings. The van der Waals surface area contributed by atoms with Crippen LogP contribution in [0.4, 0.5) is 0 Å². The van der Waals surface area contributed by atoms with Gasteiger partial charge in [0.05, 0.1) is 5.57 Å². The van der Waals surface area contributed by atoms with Crippen molar-refractivity contribution in [1.82, 2.24) is 10.2 Å². The maximum atomic E-state index is 13.3. The number of allylic oxidation sites excluding steroid dienone is 3. The van der Waals surface area contributed by atoms with Gasteiger partial charge >= 0.3 is 0 Å². The Kier molecular flexibility index (Phi) is 3.69. The number of benzene rings is 2. The molecule has 2 aliphatic heterocycles. The summed E-state index contributed by atoms with van der Waals surface area (Å²) >= 11 is 0. The van der Waals surface area contributed by atoms with Crippen molar-refractivity contribution in [3.63, 3.8) is 0 Å². The molecule has 2 aromatic carbocycles. The SMILES string of the molecule is CC1=CC(c2ccccc2)C(C(=O)c2ccccc2)=C2NCCN12. The second-order valence-corrected chi connectivity index (χ2v) is 6.23. The molecule has 0 aliphatic carbocycles. The monoisotopic (exact) mass is 316 g/mol. The Morgan fingerprint density at radius 1 is 1.04 bits per heavy atom. The highest BCUT2D eigenvalue weighted by Gasteiger charge is 2.34. The Labute approximate surface area is 142 Å². The van der Waals surface area contributed by atoms with Crippen LogP contribution in [0, 0.1) is 0 Å². The van der Waals surface area contributed by atoms with Gasteiger partial charge in [0, 0.05) is 30.3 Å². The van der Waals surface area contributed by atoms with Crippen LogP contribution in [0.25, 0.3) is 0 Å². The molecule has 0 saturated carbocycles. The maximum Gasteiger partial charge on any atom is 0.193 e. The van der Waals surface area contributed by atoms with Crippen molar-refractivity contribution < 1.29 is 4.79 Å². The number of carbonyl (C=O) groups excluding carboxylic acids is 1. The molecule has 0 bridgehead atoms. The maximum absolute atomic E-state index is 13.3. The van der Waals surface area contributed by atoms with Crippen molar-refractivity contribution in [2.24, 2.45) is 0 Å². The van der Waals surface area contributed by atoms with Gasteiger partial charge in [-0.15, -0.1) is 0 Å². The van der Waals surface area contributed by atoms with E-state index in [2.05, 4.69) is 35.3 Å². The number of Topliss-reactive ketones (excluding diaryl/α,β-unsaturated/α-hetero) is 1. The van der Waals surface area contributed by atoms with Crippen LogP contribution in [0.1, 0.15) is 28.8 Å². The lowest BCUT2D eigenvalue weighted by Crippen LogP contribution is -2.29. The van der Waals surface area contributed by atoms with E-state index in [9.17, 15) is 4.79 Å². The number of hydrogen-bond acceptors (Lipinski definition) is 3. The summed E-state index contributed by atoms with van der Waals surface area (Å²) in [5.74, 6) is 1.05. The molecule has 2 heterocycles. The van der Waals surface area contributed by atoms with Gasteiger partial charge in [-0.3, -0.25) is 4.79 Å². The third-order valence-electron chi connectivity index (χ3n) is 4.74. The summed E-state index contributed by atoms with van der Waals surface area (Å²) < 4.78 is 0. The summed E-state index contributed by atoms with van der Waals surface area (Å²) in [6.45, 7) is 3.89. The minimum atomic E-state index is -0.0178. The molecule has 1 N–H and O–H groups in total. The van der Waals surface area contributed by atoms with Crippen LogP contribution in [0.2, 0.25) is 0 Å². The lowest BCUT2D eigenvalue weighted by Gasteiger charge is -2.31. The molecule has 24 heavy (non-hydrogen) atoms. The molecule has 1 saturated heterocycles.